The largest absolute Gasteiger partial charge is 0.375 e. The average molecular weight is 288 g/mol. The second-order valence-corrected chi connectivity index (χ2v) is 6.47. The van der Waals surface area contributed by atoms with Crippen molar-refractivity contribution in [1.82, 2.24) is 5.43 Å². The zero-order valence-corrected chi connectivity index (χ0v) is 11.4. The molecule has 8 heteroatoms. The molecule has 18 heavy (non-hydrogen) atoms. The zero-order valence-electron chi connectivity index (χ0n) is 10.6. The number of hydrogen-bond donors (Lipinski definition) is 2. The van der Waals surface area contributed by atoms with Crippen molar-refractivity contribution >= 4 is 9.84 Å². The van der Waals surface area contributed by atoms with Gasteiger partial charge in [-0.2, -0.15) is 0 Å². The molecule has 3 N–H and O–H groups in total. The quantitative estimate of drug-likeness (QED) is 0.332. The maximum Gasteiger partial charge on any atom is 0.261 e. The van der Waals surface area contributed by atoms with Gasteiger partial charge in [0.25, 0.3) is 6.43 Å². The molecule has 110 valence electrons. The minimum absolute atomic E-state index is 0.116. The second kappa shape index (κ2) is 9.60. The van der Waals surface area contributed by atoms with Crippen molar-refractivity contribution in [2.24, 2.45) is 5.84 Å². The van der Waals surface area contributed by atoms with Gasteiger partial charge in [-0.25, -0.2) is 17.2 Å². The molecule has 1 atom stereocenters. The molecule has 0 spiro atoms. The fraction of sp³-hybridized carbons (Fsp3) is 1.00. The van der Waals surface area contributed by atoms with E-state index < -0.39 is 22.9 Å². The number of nitrogens with one attached hydrogen (secondary N) is 1. The Morgan fingerprint density at radius 1 is 1.33 bits per heavy atom. The summed E-state index contributed by atoms with van der Waals surface area (Å²) in [4.78, 5) is 0. The Kier molecular flexibility index (Phi) is 9.43. The van der Waals surface area contributed by atoms with E-state index in [9.17, 15) is 17.2 Å². The van der Waals surface area contributed by atoms with E-state index in [4.69, 9.17) is 10.6 Å². The van der Waals surface area contributed by atoms with Crippen molar-refractivity contribution in [3.8, 4) is 0 Å². The molecule has 0 radical (unpaired) electrons. The number of rotatable bonds is 11. The monoisotopic (exact) mass is 288 g/mol. The number of sulfone groups is 1. The molecular formula is C10H22F2N2O3S. The van der Waals surface area contributed by atoms with Gasteiger partial charge in [0.2, 0.25) is 0 Å². The maximum absolute atomic E-state index is 11.8. The molecule has 0 rings (SSSR count). The first kappa shape index (κ1) is 17.7. The van der Waals surface area contributed by atoms with Crippen molar-refractivity contribution in [3.63, 3.8) is 0 Å². The Morgan fingerprint density at radius 2 is 2.00 bits per heavy atom. The van der Waals surface area contributed by atoms with Crippen molar-refractivity contribution < 1.29 is 21.9 Å². The first-order valence-corrected chi connectivity index (χ1v) is 7.76. The zero-order chi connectivity index (χ0) is 14.0. The molecule has 0 aromatic carbocycles. The first-order chi connectivity index (χ1) is 8.41. The van der Waals surface area contributed by atoms with Crippen molar-refractivity contribution in [2.75, 3.05) is 24.7 Å². The number of nitrogens with two attached hydrogens (primary N) is 1. The predicted molar refractivity (Wildman–Crippen MR) is 66.1 cm³/mol. The number of halogens is 2. The van der Waals surface area contributed by atoms with Crippen LogP contribution < -0.4 is 11.3 Å². The van der Waals surface area contributed by atoms with Crippen LogP contribution in [0.4, 0.5) is 8.78 Å². The van der Waals surface area contributed by atoms with Gasteiger partial charge >= 0.3 is 0 Å². The summed E-state index contributed by atoms with van der Waals surface area (Å²) in [6, 6.07) is -0.116. The lowest BCUT2D eigenvalue weighted by molar-refractivity contribution is 0.0142. The van der Waals surface area contributed by atoms with Crippen LogP contribution in [0.5, 0.6) is 0 Å². The molecule has 0 heterocycles. The molecule has 0 aromatic rings. The van der Waals surface area contributed by atoms with E-state index in [0.717, 1.165) is 0 Å². The Morgan fingerprint density at radius 3 is 2.50 bits per heavy atom. The number of alkyl halides is 2. The van der Waals surface area contributed by atoms with Crippen LogP contribution in [-0.2, 0) is 14.6 Å². The van der Waals surface area contributed by atoms with Gasteiger partial charge in [0, 0.05) is 18.4 Å². The molecule has 0 aliphatic rings. The van der Waals surface area contributed by atoms with Crippen LogP contribution in [-0.4, -0.2) is 45.6 Å². The molecule has 0 aromatic heterocycles. The fourth-order valence-electron chi connectivity index (χ4n) is 1.40. The lowest BCUT2D eigenvalue weighted by Gasteiger charge is -2.15. The minimum Gasteiger partial charge on any atom is -0.375 e. The number of hydrogen-bond acceptors (Lipinski definition) is 5. The van der Waals surface area contributed by atoms with E-state index in [2.05, 4.69) is 5.43 Å². The maximum atomic E-state index is 11.8. The van der Waals surface area contributed by atoms with Crippen LogP contribution in [0.15, 0.2) is 0 Å². The van der Waals surface area contributed by atoms with E-state index in [-0.39, 0.29) is 24.2 Å². The van der Waals surface area contributed by atoms with Gasteiger partial charge in [0.05, 0.1) is 5.75 Å². The molecule has 5 nitrogen and oxygen atoms in total. The molecule has 0 saturated carbocycles. The third-order valence-electron chi connectivity index (χ3n) is 2.54. The van der Waals surface area contributed by atoms with Gasteiger partial charge in [-0.15, -0.1) is 0 Å². The molecular weight excluding hydrogens is 266 g/mol. The first-order valence-electron chi connectivity index (χ1n) is 5.93. The van der Waals surface area contributed by atoms with Crippen LogP contribution >= 0.6 is 0 Å². The van der Waals surface area contributed by atoms with E-state index in [0.29, 0.717) is 19.3 Å². The highest BCUT2D eigenvalue weighted by atomic mass is 32.2. The van der Waals surface area contributed by atoms with Gasteiger partial charge < -0.3 is 4.74 Å². The summed E-state index contributed by atoms with van der Waals surface area (Å²) < 4.78 is 50.8. The van der Waals surface area contributed by atoms with Crippen molar-refractivity contribution in [1.29, 1.82) is 0 Å². The Hall–Kier alpha value is -0.310. The summed E-state index contributed by atoms with van der Waals surface area (Å²) in [5, 5.41) is 0. The summed E-state index contributed by atoms with van der Waals surface area (Å²) in [6.07, 6.45) is -0.910. The number of ether oxygens (including phenoxy) is 1. The fourth-order valence-corrected chi connectivity index (χ4v) is 2.30. The summed E-state index contributed by atoms with van der Waals surface area (Å²) in [5.74, 6) is 5.55. The lowest BCUT2D eigenvalue weighted by Crippen LogP contribution is -2.36. The normalized spacial score (nSPS) is 14.1. The van der Waals surface area contributed by atoms with Gasteiger partial charge in [-0.1, -0.05) is 6.92 Å². The highest BCUT2D eigenvalue weighted by molar-refractivity contribution is 7.91. The lowest BCUT2D eigenvalue weighted by atomic mass is 10.1. The van der Waals surface area contributed by atoms with E-state index in [1.807, 2.05) is 0 Å². The van der Waals surface area contributed by atoms with E-state index in [1.165, 1.54) is 0 Å². The van der Waals surface area contributed by atoms with Gasteiger partial charge in [0.1, 0.15) is 16.4 Å². The highest BCUT2D eigenvalue weighted by Crippen LogP contribution is 2.05. The summed E-state index contributed by atoms with van der Waals surface area (Å²) in [7, 11) is -2.96. The SMILES string of the molecule is CCS(=O)(=O)CCCC(CCOCC(F)F)NN. The summed E-state index contributed by atoms with van der Waals surface area (Å²) >= 11 is 0. The second-order valence-electron chi connectivity index (χ2n) is 4.00. The average Bonchev–Trinajstić information content (AvgIpc) is 2.31. The Balaban J connectivity index is 3.71. The summed E-state index contributed by atoms with van der Waals surface area (Å²) in [6.45, 7) is 1.20. The van der Waals surface area contributed by atoms with Crippen LogP contribution in [0.3, 0.4) is 0 Å². The molecule has 0 aliphatic carbocycles. The van der Waals surface area contributed by atoms with Crippen LogP contribution in [0.25, 0.3) is 0 Å². The van der Waals surface area contributed by atoms with E-state index >= 15 is 0 Å². The molecule has 0 amide bonds. The highest BCUT2D eigenvalue weighted by Gasteiger charge is 2.11. The van der Waals surface area contributed by atoms with Gasteiger partial charge in [0.15, 0.2) is 0 Å². The van der Waals surface area contributed by atoms with Gasteiger partial charge in [-0.3, -0.25) is 11.3 Å². The molecule has 0 aliphatic heterocycles. The van der Waals surface area contributed by atoms with Crippen LogP contribution in [0.1, 0.15) is 26.2 Å². The molecule has 0 fully saturated rings. The molecule has 1 unspecified atom stereocenters. The topological polar surface area (TPSA) is 81.4 Å². The van der Waals surface area contributed by atoms with Crippen molar-refractivity contribution in [3.05, 3.63) is 0 Å². The van der Waals surface area contributed by atoms with Crippen LogP contribution in [0.2, 0.25) is 0 Å². The van der Waals surface area contributed by atoms with Crippen molar-refractivity contribution in [2.45, 2.75) is 38.7 Å². The number of hydrazine groups is 1. The minimum atomic E-state index is -2.96. The van der Waals surface area contributed by atoms with E-state index in [1.54, 1.807) is 6.92 Å². The molecule has 0 bridgehead atoms. The Labute approximate surface area is 107 Å². The smallest absolute Gasteiger partial charge is 0.261 e. The third kappa shape index (κ3) is 9.69. The molecule has 0 saturated heterocycles. The van der Waals surface area contributed by atoms with Gasteiger partial charge in [-0.05, 0) is 19.3 Å². The summed E-state index contributed by atoms with van der Waals surface area (Å²) in [5.41, 5.74) is 2.53. The Bertz CT molecular complexity index is 299. The standard InChI is InChI=1S/C10H22F2N2O3S/c1-2-18(15,16)7-3-4-9(14-13)5-6-17-8-10(11)12/h9-10,14H,2-8,13H2,1H3. The van der Waals surface area contributed by atoms with Crippen LogP contribution in [0, 0.1) is 0 Å². The predicted octanol–water partition coefficient (Wildman–Crippen LogP) is 0.705. The third-order valence-corrected chi connectivity index (χ3v) is 4.33.